The molecule has 0 aromatic rings. The van der Waals surface area contributed by atoms with Crippen LogP contribution in [0.25, 0.3) is 0 Å². The van der Waals surface area contributed by atoms with Crippen molar-refractivity contribution in [2.24, 2.45) is 5.92 Å². The molecule has 1 heteroatoms. The Morgan fingerprint density at radius 2 is 2.17 bits per heavy atom. The van der Waals surface area contributed by atoms with Crippen molar-refractivity contribution in [3.63, 3.8) is 0 Å². The molecule has 1 atom stereocenters. The fraction of sp³-hybridized carbons (Fsp3) is 0.455. The third-order valence-corrected chi connectivity index (χ3v) is 2.33. The van der Waals surface area contributed by atoms with Gasteiger partial charge in [0.25, 0.3) is 0 Å². The average molecular weight is 163 g/mol. The van der Waals surface area contributed by atoms with Crippen LogP contribution < -0.4 is 5.32 Å². The molecule has 0 saturated heterocycles. The number of hydrogen-bond acceptors (Lipinski definition) is 1. The van der Waals surface area contributed by atoms with E-state index < -0.39 is 0 Å². The molecule has 0 aromatic heterocycles. The standard InChI is InChI=1S/C11H17N/c1-4-5-6-7-11-10(3)9(2)8-12-11/h4-7,9,12H,8H2,1-3H3/b5-4-,7-6-. The van der Waals surface area contributed by atoms with Gasteiger partial charge in [0.2, 0.25) is 0 Å². The summed E-state index contributed by atoms with van der Waals surface area (Å²) in [7, 11) is 0. The summed E-state index contributed by atoms with van der Waals surface area (Å²) < 4.78 is 0. The zero-order valence-electron chi connectivity index (χ0n) is 8.09. The molecular weight excluding hydrogens is 146 g/mol. The first-order valence-corrected chi connectivity index (χ1v) is 4.49. The summed E-state index contributed by atoms with van der Waals surface area (Å²) in [6.07, 6.45) is 8.29. The zero-order valence-corrected chi connectivity index (χ0v) is 8.09. The van der Waals surface area contributed by atoms with E-state index in [1.165, 1.54) is 11.3 Å². The minimum absolute atomic E-state index is 0.690. The van der Waals surface area contributed by atoms with Gasteiger partial charge < -0.3 is 5.32 Å². The first kappa shape index (κ1) is 9.11. The largest absolute Gasteiger partial charge is 0.384 e. The van der Waals surface area contributed by atoms with Gasteiger partial charge in [-0.25, -0.2) is 0 Å². The Labute approximate surface area is 74.9 Å². The second-order valence-corrected chi connectivity index (χ2v) is 3.26. The summed E-state index contributed by atoms with van der Waals surface area (Å²) in [6, 6.07) is 0. The lowest BCUT2D eigenvalue weighted by Crippen LogP contribution is -2.08. The molecule has 12 heavy (non-hydrogen) atoms. The molecule has 0 bridgehead atoms. The predicted molar refractivity (Wildman–Crippen MR) is 53.8 cm³/mol. The lowest BCUT2D eigenvalue weighted by Gasteiger charge is -1.98. The summed E-state index contributed by atoms with van der Waals surface area (Å²) in [5, 5.41) is 3.37. The molecule has 0 aliphatic carbocycles. The average Bonchev–Trinajstić information content (AvgIpc) is 2.36. The van der Waals surface area contributed by atoms with Crippen LogP contribution in [-0.4, -0.2) is 6.54 Å². The van der Waals surface area contributed by atoms with Gasteiger partial charge in [0.15, 0.2) is 0 Å². The highest BCUT2D eigenvalue weighted by molar-refractivity contribution is 5.30. The van der Waals surface area contributed by atoms with Crippen molar-refractivity contribution in [3.05, 3.63) is 35.6 Å². The summed E-state index contributed by atoms with van der Waals surface area (Å²) >= 11 is 0. The Hall–Kier alpha value is -0.980. The number of allylic oxidation sites excluding steroid dienone is 4. The van der Waals surface area contributed by atoms with Crippen LogP contribution in [0.5, 0.6) is 0 Å². The van der Waals surface area contributed by atoms with Gasteiger partial charge in [-0.15, -0.1) is 0 Å². The summed E-state index contributed by atoms with van der Waals surface area (Å²) in [5.74, 6) is 0.690. The molecule has 1 aliphatic rings. The summed E-state index contributed by atoms with van der Waals surface area (Å²) in [5.41, 5.74) is 2.76. The number of rotatable bonds is 2. The van der Waals surface area contributed by atoms with Crippen molar-refractivity contribution in [2.75, 3.05) is 6.54 Å². The third kappa shape index (κ3) is 2.00. The van der Waals surface area contributed by atoms with Crippen LogP contribution in [0, 0.1) is 5.92 Å². The molecule has 66 valence electrons. The van der Waals surface area contributed by atoms with E-state index in [4.69, 9.17) is 0 Å². The van der Waals surface area contributed by atoms with E-state index in [1.807, 2.05) is 19.1 Å². The maximum Gasteiger partial charge on any atom is 0.0332 e. The Bertz CT molecular complexity index is 233. The van der Waals surface area contributed by atoms with Gasteiger partial charge in [-0.2, -0.15) is 0 Å². The maximum atomic E-state index is 3.37. The van der Waals surface area contributed by atoms with Crippen LogP contribution in [0.4, 0.5) is 0 Å². The molecule has 1 unspecified atom stereocenters. The van der Waals surface area contributed by atoms with Gasteiger partial charge >= 0.3 is 0 Å². The van der Waals surface area contributed by atoms with Crippen LogP contribution in [0.3, 0.4) is 0 Å². The van der Waals surface area contributed by atoms with Crippen molar-refractivity contribution in [2.45, 2.75) is 20.8 Å². The second kappa shape index (κ2) is 4.15. The van der Waals surface area contributed by atoms with E-state index in [9.17, 15) is 0 Å². The quantitative estimate of drug-likeness (QED) is 0.617. The first-order valence-electron chi connectivity index (χ1n) is 4.49. The minimum Gasteiger partial charge on any atom is -0.384 e. The van der Waals surface area contributed by atoms with Crippen LogP contribution in [0.1, 0.15) is 20.8 Å². The SMILES string of the molecule is C/C=C\C=C/C1=C(C)C(C)CN1. The van der Waals surface area contributed by atoms with Crippen molar-refractivity contribution in [1.82, 2.24) is 5.32 Å². The molecule has 0 saturated carbocycles. The van der Waals surface area contributed by atoms with Crippen molar-refractivity contribution < 1.29 is 0 Å². The van der Waals surface area contributed by atoms with E-state index in [-0.39, 0.29) is 0 Å². The fourth-order valence-corrected chi connectivity index (χ4v) is 1.27. The van der Waals surface area contributed by atoms with Crippen LogP contribution in [-0.2, 0) is 0 Å². The molecule has 0 amide bonds. The Morgan fingerprint density at radius 1 is 1.42 bits per heavy atom. The van der Waals surface area contributed by atoms with Gasteiger partial charge in [-0.1, -0.05) is 25.2 Å². The van der Waals surface area contributed by atoms with Gasteiger partial charge in [0, 0.05) is 12.2 Å². The van der Waals surface area contributed by atoms with E-state index in [0.29, 0.717) is 5.92 Å². The van der Waals surface area contributed by atoms with Gasteiger partial charge in [-0.3, -0.25) is 0 Å². The fourth-order valence-electron chi connectivity index (χ4n) is 1.27. The summed E-state index contributed by atoms with van der Waals surface area (Å²) in [6.45, 7) is 7.55. The molecule has 1 rings (SSSR count). The Kier molecular flexibility index (Phi) is 3.15. The Balaban J connectivity index is 2.64. The molecule has 1 N–H and O–H groups in total. The molecule has 0 radical (unpaired) electrons. The van der Waals surface area contributed by atoms with Crippen molar-refractivity contribution in [3.8, 4) is 0 Å². The first-order chi connectivity index (χ1) is 5.75. The monoisotopic (exact) mass is 163 g/mol. The Morgan fingerprint density at radius 3 is 2.67 bits per heavy atom. The van der Waals surface area contributed by atoms with Crippen LogP contribution >= 0.6 is 0 Å². The minimum atomic E-state index is 0.690. The van der Waals surface area contributed by atoms with Crippen molar-refractivity contribution in [1.29, 1.82) is 0 Å². The molecule has 0 fully saturated rings. The van der Waals surface area contributed by atoms with Crippen LogP contribution in [0.2, 0.25) is 0 Å². The van der Waals surface area contributed by atoms with Gasteiger partial charge in [-0.05, 0) is 31.4 Å². The topological polar surface area (TPSA) is 12.0 Å². The smallest absolute Gasteiger partial charge is 0.0332 e. The number of nitrogens with one attached hydrogen (secondary N) is 1. The normalized spacial score (nSPS) is 24.4. The lowest BCUT2D eigenvalue weighted by molar-refractivity contribution is 0.693. The highest BCUT2D eigenvalue weighted by atomic mass is 14.9. The molecule has 0 aromatic carbocycles. The van der Waals surface area contributed by atoms with Crippen molar-refractivity contribution >= 4 is 0 Å². The van der Waals surface area contributed by atoms with E-state index in [2.05, 4.69) is 31.3 Å². The van der Waals surface area contributed by atoms with E-state index >= 15 is 0 Å². The highest BCUT2D eigenvalue weighted by Crippen LogP contribution is 2.19. The zero-order chi connectivity index (χ0) is 8.97. The lowest BCUT2D eigenvalue weighted by atomic mass is 10.1. The molecule has 0 spiro atoms. The number of hydrogen-bond donors (Lipinski definition) is 1. The third-order valence-electron chi connectivity index (χ3n) is 2.33. The highest BCUT2D eigenvalue weighted by Gasteiger charge is 2.14. The molecule has 1 aliphatic heterocycles. The van der Waals surface area contributed by atoms with E-state index in [1.54, 1.807) is 0 Å². The predicted octanol–water partition coefficient (Wildman–Crippen LogP) is 2.63. The molecule has 1 heterocycles. The second-order valence-electron chi connectivity index (χ2n) is 3.26. The molecular formula is C11H17N. The van der Waals surface area contributed by atoms with Gasteiger partial charge in [0.05, 0.1) is 0 Å². The van der Waals surface area contributed by atoms with Gasteiger partial charge in [0.1, 0.15) is 0 Å². The molecule has 1 nitrogen and oxygen atoms in total. The summed E-state index contributed by atoms with van der Waals surface area (Å²) in [4.78, 5) is 0. The van der Waals surface area contributed by atoms with Crippen LogP contribution in [0.15, 0.2) is 35.6 Å². The van der Waals surface area contributed by atoms with E-state index in [0.717, 1.165) is 6.54 Å². The maximum absolute atomic E-state index is 3.37.